The lowest BCUT2D eigenvalue weighted by molar-refractivity contribution is 0.415. The van der Waals surface area contributed by atoms with Crippen LogP contribution in [0.3, 0.4) is 0 Å². The van der Waals surface area contributed by atoms with E-state index < -0.39 is 0 Å². The average Bonchev–Trinajstić information content (AvgIpc) is 3.27. The van der Waals surface area contributed by atoms with Crippen molar-refractivity contribution >= 4 is 11.6 Å². The van der Waals surface area contributed by atoms with E-state index in [4.69, 9.17) is 4.74 Å². The first-order valence-corrected chi connectivity index (χ1v) is 8.66. The number of aliphatic imine (C=N–C) groups is 1. The standard InChI is InChI=1S/C19H27N5O/c1-20-19(21-13-16-7-6-11-23(16)2)22-15-10-12-24(14-15)17-8-4-5-9-18(17)25-3/h4-9,11,15H,10,12-14H2,1-3H3,(H2,20,21,22). The van der Waals surface area contributed by atoms with Gasteiger partial charge in [0.25, 0.3) is 0 Å². The van der Waals surface area contributed by atoms with Crippen LogP contribution in [-0.4, -0.2) is 43.8 Å². The topological polar surface area (TPSA) is 53.8 Å². The van der Waals surface area contributed by atoms with Crippen LogP contribution in [-0.2, 0) is 13.6 Å². The molecule has 2 heterocycles. The summed E-state index contributed by atoms with van der Waals surface area (Å²) in [5.41, 5.74) is 2.38. The molecule has 0 bridgehead atoms. The lowest BCUT2D eigenvalue weighted by Crippen LogP contribution is -2.44. The molecule has 3 rings (SSSR count). The molecule has 1 aromatic heterocycles. The highest BCUT2D eigenvalue weighted by molar-refractivity contribution is 5.80. The van der Waals surface area contributed by atoms with Crippen molar-refractivity contribution in [3.8, 4) is 5.75 Å². The van der Waals surface area contributed by atoms with E-state index in [0.29, 0.717) is 6.04 Å². The number of guanidine groups is 1. The second kappa shape index (κ2) is 7.96. The summed E-state index contributed by atoms with van der Waals surface area (Å²) >= 11 is 0. The van der Waals surface area contributed by atoms with E-state index in [0.717, 1.165) is 43.5 Å². The van der Waals surface area contributed by atoms with Gasteiger partial charge in [0.1, 0.15) is 5.75 Å². The molecule has 6 nitrogen and oxygen atoms in total. The highest BCUT2D eigenvalue weighted by Gasteiger charge is 2.25. The molecule has 6 heteroatoms. The van der Waals surface area contributed by atoms with Gasteiger partial charge in [-0.3, -0.25) is 4.99 Å². The van der Waals surface area contributed by atoms with Gasteiger partial charge in [0.15, 0.2) is 5.96 Å². The molecular formula is C19H27N5O. The minimum Gasteiger partial charge on any atom is -0.495 e. The summed E-state index contributed by atoms with van der Waals surface area (Å²) in [7, 11) is 5.59. The number of nitrogens with zero attached hydrogens (tertiary/aromatic N) is 3. The van der Waals surface area contributed by atoms with E-state index in [9.17, 15) is 0 Å². The molecule has 1 aliphatic heterocycles. The molecule has 1 aliphatic rings. The van der Waals surface area contributed by atoms with E-state index in [1.54, 1.807) is 7.11 Å². The number of methoxy groups -OCH3 is 1. The molecule has 1 fully saturated rings. The van der Waals surface area contributed by atoms with E-state index in [2.05, 4.69) is 62.6 Å². The van der Waals surface area contributed by atoms with Crippen molar-refractivity contribution in [2.24, 2.45) is 12.0 Å². The second-order valence-electron chi connectivity index (χ2n) is 6.28. The molecule has 1 unspecified atom stereocenters. The van der Waals surface area contributed by atoms with Crippen LogP contribution < -0.4 is 20.3 Å². The van der Waals surface area contributed by atoms with Crippen LogP contribution in [0.1, 0.15) is 12.1 Å². The summed E-state index contributed by atoms with van der Waals surface area (Å²) in [5.74, 6) is 1.77. The minimum atomic E-state index is 0.365. The molecule has 0 amide bonds. The molecule has 1 atom stereocenters. The lowest BCUT2D eigenvalue weighted by Gasteiger charge is -2.22. The zero-order valence-corrected chi connectivity index (χ0v) is 15.2. The maximum Gasteiger partial charge on any atom is 0.191 e. The van der Waals surface area contributed by atoms with Crippen LogP contribution in [0.25, 0.3) is 0 Å². The zero-order valence-electron chi connectivity index (χ0n) is 15.2. The Balaban J connectivity index is 1.55. The van der Waals surface area contributed by atoms with E-state index in [1.807, 2.05) is 19.2 Å². The van der Waals surface area contributed by atoms with Crippen molar-refractivity contribution in [3.63, 3.8) is 0 Å². The third-order valence-corrected chi connectivity index (χ3v) is 4.67. The van der Waals surface area contributed by atoms with Gasteiger partial charge < -0.3 is 24.8 Å². The molecular weight excluding hydrogens is 314 g/mol. The fourth-order valence-corrected chi connectivity index (χ4v) is 3.23. The monoisotopic (exact) mass is 341 g/mol. The number of aryl methyl sites for hydroxylation is 1. The molecule has 25 heavy (non-hydrogen) atoms. The van der Waals surface area contributed by atoms with Crippen LogP contribution in [0, 0.1) is 0 Å². The number of hydrogen-bond acceptors (Lipinski definition) is 3. The van der Waals surface area contributed by atoms with Crippen molar-refractivity contribution < 1.29 is 4.74 Å². The summed E-state index contributed by atoms with van der Waals surface area (Å²) in [4.78, 5) is 6.72. The van der Waals surface area contributed by atoms with Gasteiger partial charge in [-0.15, -0.1) is 0 Å². The summed E-state index contributed by atoms with van der Waals surface area (Å²) < 4.78 is 7.60. The first kappa shape index (κ1) is 17.2. The van der Waals surface area contributed by atoms with Gasteiger partial charge in [0.05, 0.1) is 19.3 Å². The first-order chi connectivity index (χ1) is 12.2. The van der Waals surface area contributed by atoms with Gasteiger partial charge >= 0.3 is 0 Å². The van der Waals surface area contributed by atoms with E-state index in [-0.39, 0.29) is 0 Å². The van der Waals surface area contributed by atoms with Crippen molar-refractivity contribution in [2.75, 3.05) is 32.1 Å². The van der Waals surface area contributed by atoms with Crippen LogP contribution in [0.2, 0.25) is 0 Å². The summed E-state index contributed by atoms with van der Waals surface area (Å²) in [6, 6.07) is 12.7. The number of nitrogens with one attached hydrogen (secondary N) is 2. The molecule has 0 radical (unpaired) electrons. The number of benzene rings is 1. The SMILES string of the molecule is CN=C(NCc1cccn1C)NC1CCN(c2ccccc2OC)C1. The summed E-state index contributed by atoms with van der Waals surface area (Å²) in [6.45, 7) is 2.70. The molecule has 2 aromatic rings. The first-order valence-electron chi connectivity index (χ1n) is 8.66. The van der Waals surface area contributed by atoms with Gasteiger partial charge in [-0.25, -0.2) is 0 Å². The molecule has 0 spiro atoms. The van der Waals surface area contributed by atoms with Gasteiger partial charge in [-0.05, 0) is 30.7 Å². The average molecular weight is 341 g/mol. The number of aromatic nitrogens is 1. The Kier molecular flexibility index (Phi) is 5.48. The normalized spacial score (nSPS) is 17.6. The Hall–Kier alpha value is -2.63. The number of para-hydroxylation sites is 2. The Labute approximate surface area is 149 Å². The van der Waals surface area contributed by atoms with Gasteiger partial charge in [-0.2, -0.15) is 0 Å². The Morgan fingerprint density at radius 3 is 2.84 bits per heavy atom. The lowest BCUT2D eigenvalue weighted by atomic mass is 10.2. The number of hydrogen-bond donors (Lipinski definition) is 2. The van der Waals surface area contributed by atoms with E-state index in [1.165, 1.54) is 5.69 Å². The zero-order chi connectivity index (χ0) is 17.6. The highest BCUT2D eigenvalue weighted by atomic mass is 16.5. The molecule has 2 N–H and O–H groups in total. The van der Waals surface area contributed by atoms with Gasteiger partial charge in [0.2, 0.25) is 0 Å². The van der Waals surface area contributed by atoms with Crippen LogP contribution in [0.4, 0.5) is 5.69 Å². The number of ether oxygens (including phenoxy) is 1. The molecule has 0 aliphatic carbocycles. The van der Waals surface area contributed by atoms with Crippen molar-refractivity contribution in [2.45, 2.75) is 19.0 Å². The fraction of sp³-hybridized carbons (Fsp3) is 0.421. The quantitative estimate of drug-likeness (QED) is 0.645. The predicted octanol–water partition coefficient (Wildman–Crippen LogP) is 1.98. The largest absolute Gasteiger partial charge is 0.495 e. The number of anilines is 1. The predicted molar refractivity (Wildman–Crippen MR) is 102 cm³/mol. The van der Waals surface area contributed by atoms with Crippen molar-refractivity contribution in [1.29, 1.82) is 0 Å². The minimum absolute atomic E-state index is 0.365. The van der Waals surface area contributed by atoms with E-state index >= 15 is 0 Å². The third-order valence-electron chi connectivity index (χ3n) is 4.67. The third kappa shape index (κ3) is 4.07. The Morgan fingerprint density at radius 1 is 1.28 bits per heavy atom. The second-order valence-corrected chi connectivity index (χ2v) is 6.28. The smallest absolute Gasteiger partial charge is 0.191 e. The highest BCUT2D eigenvalue weighted by Crippen LogP contribution is 2.30. The van der Waals surface area contributed by atoms with Crippen molar-refractivity contribution in [1.82, 2.24) is 15.2 Å². The Morgan fingerprint density at radius 2 is 2.12 bits per heavy atom. The van der Waals surface area contributed by atoms with Crippen LogP contribution in [0.15, 0.2) is 47.6 Å². The number of rotatable bonds is 5. The van der Waals surface area contributed by atoms with Gasteiger partial charge in [0, 0.05) is 45.1 Å². The fourth-order valence-electron chi connectivity index (χ4n) is 3.23. The molecule has 1 aromatic carbocycles. The molecule has 1 saturated heterocycles. The van der Waals surface area contributed by atoms with Crippen molar-refractivity contribution in [3.05, 3.63) is 48.3 Å². The maximum atomic E-state index is 5.49. The van der Waals surface area contributed by atoms with Gasteiger partial charge in [-0.1, -0.05) is 12.1 Å². The molecule has 0 saturated carbocycles. The molecule has 134 valence electrons. The van der Waals surface area contributed by atoms with Crippen LogP contribution in [0.5, 0.6) is 5.75 Å². The summed E-state index contributed by atoms with van der Waals surface area (Å²) in [5, 5.41) is 6.92. The Bertz CT molecular complexity index is 724. The summed E-state index contributed by atoms with van der Waals surface area (Å²) in [6.07, 6.45) is 3.12. The maximum absolute atomic E-state index is 5.49. The van der Waals surface area contributed by atoms with Crippen LogP contribution >= 0.6 is 0 Å².